The van der Waals surface area contributed by atoms with Crippen molar-refractivity contribution < 1.29 is 14.3 Å². The molecule has 0 saturated carbocycles. The van der Waals surface area contributed by atoms with Crippen LogP contribution in [0.15, 0.2) is 48.5 Å². The number of hydrogen-bond acceptors (Lipinski definition) is 6. The Morgan fingerprint density at radius 2 is 1.58 bits per heavy atom. The molecule has 1 amide bonds. The number of rotatable bonds is 16. The van der Waals surface area contributed by atoms with E-state index in [4.69, 9.17) is 16.2 Å². The minimum absolute atomic E-state index is 0.0640. The van der Waals surface area contributed by atoms with Crippen LogP contribution in [0.25, 0.3) is 27.6 Å². The molecule has 232 valence electrons. The Morgan fingerprint density at radius 3 is 2.35 bits per heavy atom. The van der Waals surface area contributed by atoms with Crippen LogP contribution in [-0.4, -0.2) is 54.0 Å². The first-order chi connectivity index (χ1) is 20.4. The molecule has 43 heavy (non-hydrogen) atoms. The van der Waals surface area contributed by atoms with Crippen molar-refractivity contribution in [2.24, 2.45) is 11.5 Å². The van der Waals surface area contributed by atoms with E-state index in [1.807, 2.05) is 50.8 Å². The standard InChI is InChI=1S/C36H50N4O3/c1-35(2,37)19-22-39-21-5-6-23-40(24-20-36(3,4)38)33(41)11-8-12-34(42)43-28-15-18-30-27(25-28)14-17-31-29-10-7-9-26(29)13-16-32(30)31/h7,9,13-18,25,39H,5-6,8,10-12,19-24,37-38H2,1-4H3. The number of nitrogens with zero attached hydrogens (tertiary/aromatic N) is 1. The molecule has 0 fully saturated rings. The molecule has 3 aromatic carbocycles. The van der Waals surface area contributed by atoms with E-state index >= 15 is 0 Å². The maximum Gasteiger partial charge on any atom is 0.311 e. The molecule has 0 aromatic heterocycles. The van der Waals surface area contributed by atoms with Gasteiger partial charge in [0.2, 0.25) is 5.91 Å². The van der Waals surface area contributed by atoms with Crippen LogP contribution in [-0.2, 0) is 16.0 Å². The minimum Gasteiger partial charge on any atom is -0.427 e. The number of esters is 1. The Hall–Kier alpha value is -3.26. The summed E-state index contributed by atoms with van der Waals surface area (Å²) in [5.74, 6) is 0.272. The van der Waals surface area contributed by atoms with Crippen LogP contribution in [0.4, 0.5) is 0 Å². The van der Waals surface area contributed by atoms with Crippen LogP contribution >= 0.6 is 0 Å². The largest absolute Gasteiger partial charge is 0.427 e. The van der Waals surface area contributed by atoms with Crippen molar-refractivity contribution in [3.8, 4) is 5.75 Å². The van der Waals surface area contributed by atoms with Crippen molar-refractivity contribution in [2.45, 2.75) is 90.1 Å². The molecule has 1 aliphatic carbocycles. The third-order valence-electron chi connectivity index (χ3n) is 8.12. The number of hydrogen-bond donors (Lipinski definition) is 3. The highest BCUT2D eigenvalue weighted by Crippen LogP contribution is 2.34. The minimum atomic E-state index is -0.345. The second kappa shape index (κ2) is 14.5. The number of carbonyl (C=O) groups is 2. The van der Waals surface area contributed by atoms with E-state index in [-0.39, 0.29) is 29.4 Å². The molecular formula is C36H50N4O3. The fourth-order valence-corrected chi connectivity index (χ4v) is 5.55. The van der Waals surface area contributed by atoms with Crippen LogP contribution in [0, 0.1) is 0 Å². The summed E-state index contributed by atoms with van der Waals surface area (Å²) in [6.07, 6.45) is 9.84. The first-order valence-corrected chi connectivity index (χ1v) is 15.8. The van der Waals surface area contributed by atoms with Crippen molar-refractivity contribution in [3.05, 3.63) is 59.7 Å². The van der Waals surface area contributed by atoms with Gasteiger partial charge in [-0.15, -0.1) is 0 Å². The summed E-state index contributed by atoms with van der Waals surface area (Å²) in [6, 6.07) is 14.4. The van der Waals surface area contributed by atoms with Gasteiger partial charge < -0.3 is 26.4 Å². The van der Waals surface area contributed by atoms with Gasteiger partial charge in [-0.1, -0.05) is 42.5 Å². The molecule has 1 aliphatic rings. The van der Waals surface area contributed by atoms with Gasteiger partial charge in [-0.05, 0) is 124 Å². The van der Waals surface area contributed by atoms with Gasteiger partial charge in [0.1, 0.15) is 5.75 Å². The smallest absolute Gasteiger partial charge is 0.311 e. The Morgan fingerprint density at radius 1 is 0.837 bits per heavy atom. The second-order valence-corrected chi connectivity index (χ2v) is 13.4. The molecule has 0 aliphatic heterocycles. The van der Waals surface area contributed by atoms with Crippen LogP contribution in [0.3, 0.4) is 0 Å². The lowest BCUT2D eigenvalue weighted by atomic mass is 9.96. The average molecular weight is 587 g/mol. The fraction of sp³-hybridized carbons (Fsp3) is 0.500. The Kier molecular flexibility index (Phi) is 11.0. The van der Waals surface area contributed by atoms with Crippen molar-refractivity contribution in [2.75, 3.05) is 26.2 Å². The van der Waals surface area contributed by atoms with Gasteiger partial charge in [0.25, 0.3) is 0 Å². The molecule has 7 heteroatoms. The summed E-state index contributed by atoms with van der Waals surface area (Å²) in [4.78, 5) is 27.7. The zero-order chi connectivity index (χ0) is 31.0. The molecule has 7 nitrogen and oxygen atoms in total. The molecule has 0 spiro atoms. The van der Waals surface area contributed by atoms with Gasteiger partial charge in [0.05, 0.1) is 0 Å². The molecule has 0 radical (unpaired) electrons. The highest BCUT2D eigenvalue weighted by atomic mass is 16.5. The van der Waals surface area contributed by atoms with Crippen molar-refractivity contribution in [1.29, 1.82) is 0 Å². The molecule has 0 atom stereocenters. The summed E-state index contributed by atoms with van der Waals surface area (Å²) in [6.45, 7) is 11.1. The van der Waals surface area contributed by atoms with Crippen LogP contribution < -0.4 is 21.5 Å². The predicted molar refractivity (Wildman–Crippen MR) is 178 cm³/mol. The van der Waals surface area contributed by atoms with E-state index in [0.29, 0.717) is 31.7 Å². The number of nitrogens with one attached hydrogen (secondary N) is 1. The number of ether oxygens (including phenoxy) is 1. The molecular weight excluding hydrogens is 536 g/mol. The molecule has 4 rings (SSSR count). The number of amides is 1. The number of fused-ring (bicyclic) bond motifs is 5. The third-order valence-corrected chi connectivity index (χ3v) is 8.12. The Bertz CT molecular complexity index is 1450. The van der Waals surface area contributed by atoms with E-state index in [1.165, 1.54) is 21.9 Å². The first kappa shape index (κ1) is 32.6. The van der Waals surface area contributed by atoms with Gasteiger partial charge in [0, 0.05) is 37.0 Å². The van der Waals surface area contributed by atoms with Crippen LogP contribution in [0.2, 0.25) is 0 Å². The fourth-order valence-electron chi connectivity index (χ4n) is 5.55. The summed E-state index contributed by atoms with van der Waals surface area (Å²) in [7, 11) is 0. The number of unbranched alkanes of at least 4 members (excludes halogenated alkanes) is 1. The molecule has 0 unspecified atom stereocenters. The summed E-state index contributed by atoms with van der Waals surface area (Å²) in [5.41, 5.74) is 14.4. The quantitative estimate of drug-likeness (QED) is 0.0811. The van der Waals surface area contributed by atoms with E-state index < -0.39 is 0 Å². The Labute approximate surface area is 257 Å². The zero-order valence-corrected chi connectivity index (χ0v) is 26.5. The van der Waals surface area contributed by atoms with Crippen LogP contribution in [0.1, 0.15) is 83.8 Å². The number of carbonyl (C=O) groups excluding carboxylic acids is 2. The number of benzene rings is 3. The molecule has 0 heterocycles. The zero-order valence-electron chi connectivity index (χ0n) is 26.5. The van der Waals surface area contributed by atoms with Gasteiger partial charge in [0.15, 0.2) is 0 Å². The van der Waals surface area contributed by atoms with Gasteiger partial charge in [-0.2, -0.15) is 0 Å². The van der Waals surface area contributed by atoms with Gasteiger partial charge in [-0.25, -0.2) is 0 Å². The van der Waals surface area contributed by atoms with E-state index in [2.05, 4.69) is 41.7 Å². The Balaban J connectivity index is 1.25. The lowest BCUT2D eigenvalue weighted by Crippen LogP contribution is -2.40. The number of allylic oxidation sites excluding steroid dienone is 1. The average Bonchev–Trinajstić information content (AvgIpc) is 3.42. The molecule has 0 saturated heterocycles. The lowest BCUT2D eigenvalue weighted by molar-refractivity contribution is -0.135. The molecule has 3 aromatic rings. The predicted octanol–water partition coefficient (Wildman–Crippen LogP) is 6.09. The lowest BCUT2D eigenvalue weighted by Gasteiger charge is -2.27. The van der Waals surface area contributed by atoms with Crippen molar-refractivity contribution in [3.63, 3.8) is 0 Å². The molecule has 5 N–H and O–H groups in total. The topological polar surface area (TPSA) is 111 Å². The monoisotopic (exact) mass is 586 g/mol. The molecule has 0 bridgehead atoms. The SMILES string of the molecule is CC(C)(N)CCNCCCCN(CCC(C)(C)N)C(=O)CCCC(=O)Oc1ccc2c(ccc3c4c(ccc32)C=CC4)c1. The summed E-state index contributed by atoms with van der Waals surface area (Å²) in [5, 5.41) is 8.11. The van der Waals surface area contributed by atoms with Crippen molar-refractivity contribution in [1.82, 2.24) is 10.2 Å². The second-order valence-electron chi connectivity index (χ2n) is 13.4. The normalized spacial score (nSPS) is 13.1. The van der Waals surface area contributed by atoms with E-state index in [0.717, 1.165) is 56.0 Å². The maximum atomic E-state index is 13.1. The van der Waals surface area contributed by atoms with E-state index in [1.54, 1.807) is 0 Å². The van der Waals surface area contributed by atoms with Crippen LogP contribution in [0.5, 0.6) is 5.75 Å². The number of nitrogens with two attached hydrogens (primary N) is 2. The summed E-state index contributed by atoms with van der Waals surface area (Å²) >= 11 is 0. The third kappa shape index (κ3) is 9.88. The highest BCUT2D eigenvalue weighted by Gasteiger charge is 2.19. The summed E-state index contributed by atoms with van der Waals surface area (Å²) < 4.78 is 5.67. The van der Waals surface area contributed by atoms with E-state index in [9.17, 15) is 9.59 Å². The maximum absolute atomic E-state index is 13.1. The van der Waals surface area contributed by atoms with Crippen molar-refractivity contribution >= 4 is 39.5 Å². The van der Waals surface area contributed by atoms with Gasteiger partial charge >= 0.3 is 5.97 Å². The van der Waals surface area contributed by atoms with Gasteiger partial charge in [-0.3, -0.25) is 9.59 Å². The first-order valence-electron chi connectivity index (χ1n) is 15.8. The highest BCUT2D eigenvalue weighted by molar-refractivity contribution is 6.10.